The Morgan fingerprint density at radius 3 is 2.90 bits per heavy atom. The van der Waals surface area contributed by atoms with E-state index in [4.69, 9.17) is 15.6 Å². The fraction of sp³-hybridized carbons (Fsp3) is 0.786. The summed E-state index contributed by atoms with van der Waals surface area (Å²) in [6.07, 6.45) is 0.941. The molecule has 1 aliphatic heterocycles. The third-order valence-corrected chi connectivity index (χ3v) is 4.55. The Labute approximate surface area is 125 Å². The highest BCUT2D eigenvalue weighted by molar-refractivity contribution is 7.09. The molecule has 0 amide bonds. The first-order valence-electron chi connectivity index (χ1n) is 7.11. The average molecular weight is 298 g/mol. The molecule has 2 rings (SSSR count). The van der Waals surface area contributed by atoms with E-state index in [-0.39, 0.29) is 17.6 Å². The van der Waals surface area contributed by atoms with Crippen LogP contribution in [0.1, 0.15) is 31.5 Å². The van der Waals surface area contributed by atoms with Gasteiger partial charge in [0.05, 0.1) is 29.5 Å². The minimum Gasteiger partial charge on any atom is -0.374 e. The molecule has 1 fully saturated rings. The topological polar surface area (TPSA) is 63.4 Å². The van der Waals surface area contributed by atoms with Crippen molar-refractivity contribution in [1.29, 1.82) is 0 Å². The van der Waals surface area contributed by atoms with E-state index in [1.807, 2.05) is 0 Å². The van der Waals surface area contributed by atoms with Gasteiger partial charge in [-0.25, -0.2) is 4.98 Å². The van der Waals surface area contributed by atoms with E-state index in [1.165, 1.54) is 0 Å². The second-order valence-electron chi connectivity index (χ2n) is 6.53. The number of rotatable bonds is 4. The lowest BCUT2D eigenvalue weighted by molar-refractivity contribution is -0.0384. The molecule has 1 saturated heterocycles. The van der Waals surface area contributed by atoms with Crippen LogP contribution < -0.4 is 11.3 Å². The molecular weight excluding hydrogens is 272 g/mol. The summed E-state index contributed by atoms with van der Waals surface area (Å²) in [6.45, 7) is 9.22. The van der Waals surface area contributed by atoms with Crippen molar-refractivity contribution in [2.24, 2.45) is 5.84 Å². The number of hydrogen-bond donors (Lipinski definition) is 2. The van der Waals surface area contributed by atoms with Crippen molar-refractivity contribution in [3.05, 3.63) is 16.1 Å². The van der Waals surface area contributed by atoms with Gasteiger partial charge >= 0.3 is 0 Å². The number of nitrogens with zero attached hydrogens (tertiary/aromatic N) is 2. The van der Waals surface area contributed by atoms with Gasteiger partial charge in [-0.05, 0) is 7.05 Å². The van der Waals surface area contributed by atoms with E-state index in [0.29, 0.717) is 0 Å². The zero-order valence-electron chi connectivity index (χ0n) is 12.8. The van der Waals surface area contributed by atoms with Gasteiger partial charge < -0.3 is 9.64 Å². The second-order valence-corrected chi connectivity index (χ2v) is 7.47. The molecule has 2 heterocycles. The highest BCUT2D eigenvalue weighted by Crippen LogP contribution is 2.25. The molecule has 114 valence electrons. The van der Waals surface area contributed by atoms with E-state index in [0.717, 1.165) is 36.8 Å². The van der Waals surface area contributed by atoms with Crippen LogP contribution in [0.2, 0.25) is 0 Å². The van der Waals surface area contributed by atoms with Crippen LogP contribution in [0.4, 0.5) is 0 Å². The van der Waals surface area contributed by atoms with Crippen LogP contribution >= 0.6 is 11.3 Å². The summed E-state index contributed by atoms with van der Waals surface area (Å²) < 4.78 is 5.84. The first-order valence-corrected chi connectivity index (χ1v) is 7.99. The van der Waals surface area contributed by atoms with Crippen LogP contribution in [0.5, 0.6) is 0 Å². The second kappa shape index (κ2) is 6.49. The monoisotopic (exact) mass is 298 g/mol. The number of thiazole rings is 1. The Morgan fingerprint density at radius 1 is 1.60 bits per heavy atom. The number of morpholine rings is 1. The molecule has 2 unspecified atom stereocenters. The lowest BCUT2D eigenvalue weighted by Crippen LogP contribution is -2.54. The molecule has 2 atom stereocenters. The van der Waals surface area contributed by atoms with Gasteiger partial charge in [0.15, 0.2) is 0 Å². The van der Waals surface area contributed by atoms with Crippen LogP contribution in [-0.2, 0) is 16.6 Å². The summed E-state index contributed by atoms with van der Waals surface area (Å²) in [5, 5.41) is 3.27. The van der Waals surface area contributed by atoms with Crippen LogP contribution in [0.15, 0.2) is 5.38 Å². The maximum absolute atomic E-state index is 5.84. The predicted octanol–water partition coefficient (Wildman–Crippen LogP) is 1.15. The van der Waals surface area contributed by atoms with Gasteiger partial charge in [-0.2, -0.15) is 0 Å². The largest absolute Gasteiger partial charge is 0.374 e. The van der Waals surface area contributed by atoms with E-state index < -0.39 is 0 Å². The minimum absolute atomic E-state index is 0.0992. The van der Waals surface area contributed by atoms with Crippen molar-refractivity contribution in [1.82, 2.24) is 15.3 Å². The normalized spacial score (nSPS) is 22.9. The van der Waals surface area contributed by atoms with Gasteiger partial charge in [0.1, 0.15) is 0 Å². The predicted molar refractivity (Wildman–Crippen MR) is 82.9 cm³/mol. The lowest BCUT2D eigenvalue weighted by atomic mass is 9.93. The van der Waals surface area contributed by atoms with E-state index >= 15 is 0 Å². The summed E-state index contributed by atoms with van der Waals surface area (Å²) in [4.78, 5) is 7.02. The molecule has 1 aliphatic rings. The Hall–Kier alpha value is -0.530. The maximum Gasteiger partial charge on any atom is 0.0945 e. The number of hydrogen-bond acceptors (Lipinski definition) is 6. The van der Waals surface area contributed by atoms with Crippen molar-refractivity contribution in [2.75, 3.05) is 26.7 Å². The summed E-state index contributed by atoms with van der Waals surface area (Å²) in [5.41, 5.74) is 4.15. The third kappa shape index (κ3) is 3.99. The molecule has 0 saturated carbocycles. The van der Waals surface area contributed by atoms with Gasteiger partial charge in [0, 0.05) is 30.3 Å². The number of nitrogens with two attached hydrogens (primary N) is 1. The summed E-state index contributed by atoms with van der Waals surface area (Å²) in [6, 6.07) is 0.108. The molecule has 1 aromatic heterocycles. The van der Waals surface area contributed by atoms with Gasteiger partial charge in [-0.15, -0.1) is 11.3 Å². The van der Waals surface area contributed by atoms with Crippen LogP contribution in [0.25, 0.3) is 0 Å². The molecule has 6 heteroatoms. The number of likely N-dealkylation sites (N-methyl/N-ethyl adjacent to an activating group) is 1. The molecule has 0 bridgehead atoms. The van der Waals surface area contributed by atoms with Crippen molar-refractivity contribution >= 4 is 11.3 Å². The molecule has 5 nitrogen and oxygen atoms in total. The number of ether oxygens (including phenoxy) is 1. The van der Waals surface area contributed by atoms with Crippen molar-refractivity contribution < 1.29 is 4.74 Å². The number of hydrazine groups is 1. The highest BCUT2D eigenvalue weighted by Gasteiger charge is 2.27. The van der Waals surface area contributed by atoms with Gasteiger partial charge in [0.2, 0.25) is 0 Å². The van der Waals surface area contributed by atoms with Gasteiger partial charge in [0.25, 0.3) is 0 Å². The molecule has 1 aromatic rings. The van der Waals surface area contributed by atoms with Crippen LogP contribution in [0, 0.1) is 0 Å². The van der Waals surface area contributed by atoms with E-state index in [1.54, 1.807) is 11.3 Å². The molecule has 20 heavy (non-hydrogen) atoms. The van der Waals surface area contributed by atoms with E-state index in [9.17, 15) is 0 Å². The molecular formula is C14H26N4OS. The Morgan fingerprint density at radius 2 is 2.35 bits per heavy atom. The van der Waals surface area contributed by atoms with Crippen LogP contribution in [0.3, 0.4) is 0 Å². The number of aromatic nitrogens is 1. The van der Waals surface area contributed by atoms with Crippen LogP contribution in [-0.4, -0.2) is 48.8 Å². The molecule has 3 N–H and O–H groups in total. The molecule has 0 spiro atoms. The summed E-state index contributed by atoms with van der Waals surface area (Å²) in [5.74, 6) is 5.72. The fourth-order valence-electron chi connectivity index (χ4n) is 2.29. The highest BCUT2D eigenvalue weighted by atomic mass is 32.1. The standard InChI is InChI=1S/C14H26N4OS/c1-14(2,3)12-9-20-13(16-12)7-10(17-15)11-8-18(4)5-6-19-11/h9-11,17H,5-8,15H2,1-4H3. The SMILES string of the molecule is CN1CCOC(C(Cc2nc(C(C)(C)C)cs2)NN)C1. The van der Waals surface area contributed by atoms with Crippen molar-refractivity contribution in [3.8, 4) is 0 Å². The third-order valence-electron chi connectivity index (χ3n) is 3.67. The van der Waals surface area contributed by atoms with Gasteiger partial charge in [-0.3, -0.25) is 11.3 Å². The molecule has 0 aliphatic carbocycles. The summed E-state index contributed by atoms with van der Waals surface area (Å²) in [7, 11) is 2.12. The van der Waals surface area contributed by atoms with Crippen molar-refractivity contribution in [3.63, 3.8) is 0 Å². The zero-order chi connectivity index (χ0) is 14.8. The maximum atomic E-state index is 5.84. The smallest absolute Gasteiger partial charge is 0.0945 e. The summed E-state index contributed by atoms with van der Waals surface area (Å²) >= 11 is 1.71. The minimum atomic E-state index is 0.0992. The first kappa shape index (κ1) is 15.9. The zero-order valence-corrected chi connectivity index (χ0v) is 13.7. The quantitative estimate of drug-likeness (QED) is 0.645. The average Bonchev–Trinajstić information content (AvgIpc) is 2.84. The number of nitrogens with one attached hydrogen (secondary N) is 1. The van der Waals surface area contributed by atoms with Crippen molar-refractivity contribution in [2.45, 2.75) is 44.8 Å². The molecule has 0 aromatic carbocycles. The van der Waals surface area contributed by atoms with E-state index in [2.05, 4.69) is 43.5 Å². The van der Waals surface area contributed by atoms with Gasteiger partial charge in [-0.1, -0.05) is 20.8 Å². The Balaban J connectivity index is 2.01. The molecule has 0 radical (unpaired) electrons. The fourth-order valence-corrected chi connectivity index (χ4v) is 3.37. The lowest BCUT2D eigenvalue weighted by Gasteiger charge is -2.34. The Bertz CT molecular complexity index is 429. The first-order chi connectivity index (χ1) is 9.40. The Kier molecular flexibility index (Phi) is 5.14.